The van der Waals surface area contributed by atoms with Crippen LogP contribution in [0.4, 0.5) is 0 Å². The Bertz CT molecular complexity index is 168. The highest BCUT2D eigenvalue weighted by Gasteiger charge is 2.29. The SMILES string of the molecule is CCCC(C)(CC)C(=O)PC=O. The van der Waals surface area contributed by atoms with E-state index in [0.29, 0.717) is 0 Å². The van der Waals surface area contributed by atoms with E-state index < -0.39 is 0 Å². The number of rotatable bonds is 6. The Hall–Kier alpha value is -0.230. The molecule has 2 unspecified atom stereocenters. The highest BCUT2D eigenvalue weighted by molar-refractivity contribution is 7.71. The van der Waals surface area contributed by atoms with Crippen LogP contribution in [0.15, 0.2) is 0 Å². The van der Waals surface area contributed by atoms with Crippen LogP contribution < -0.4 is 0 Å². The fourth-order valence-corrected chi connectivity index (χ4v) is 1.99. The summed E-state index contributed by atoms with van der Waals surface area (Å²) < 4.78 is 0. The van der Waals surface area contributed by atoms with Crippen LogP contribution in [-0.4, -0.2) is 11.6 Å². The zero-order valence-corrected chi connectivity index (χ0v) is 9.02. The predicted octanol–water partition coefficient (Wildman–Crippen LogP) is 2.60. The molecule has 0 spiro atoms. The van der Waals surface area contributed by atoms with Gasteiger partial charge in [0.25, 0.3) is 0 Å². The van der Waals surface area contributed by atoms with E-state index in [9.17, 15) is 9.59 Å². The van der Waals surface area contributed by atoms with E-state index in [4.69, 9.17) is 0 Å². The molecule has 0 rings (SSSR count). The largest absolute Gasteiger partial charge is 0.298 e. The Morgan fingerprint density at radius 3 is 2.42 bits per heavy atom. The van der Waals surface area contributed by atoms with Gasteiger partial charge in [-0.3, -0.25) is 9.59 Å². The number of carbonyl (C=O) groups excluding carboxylic acids is 2. The molecule has 0 aliphatic carbocycles. The molecular weight excluding hydrogens is 171 g/mol. The van der Waals surface area contributed by atoms with E-state index in [1.807, 2.05) is 13.8 Å². The Labute approximate surface area is 75.9 Å². The summed E-state index contributed by atoms with van der Waals surface area (Å²) in [4.78, 5) is 21.6. The van der Waals surface area contributed by atoms with Gasteiger partial charge in [0.05, 0.1) is 0 Å². The van der Waals surface area contributed by atoms with Gasteiger partial charge >= 0.3 is 0 Å². The van der Waals surface area contributed by atoms with Crippen molar-refractivity contribution >= 4 is 20.1 Å². The Morgan fingerprint density at radius 2 is 2.08 bits per heavy atom. The van der Waals surface area contributed by atoms with Gasteiger partial charge in [-0.25, -0.2) is 0 Å². The molecule has 0 radical (unpaired) electrons. The third-order valence-corrected chi connectivity index (χ3v) is 3.30. The summed E-state index contributed by atoms with van der Waals surface area (Å²) in [6.45, 7) is 6.02. The van der Waals surface area contributed by atoms with Gasteiger partial charge in [-0.05, 0) is 12.8 Å². The van der Waals surface area contributed by atoms with Crippen LogP contribution in [0.2, 0.25) is 0 Å². The van der Waals surface area contributed by atoms with Crippen LogP contribution in [-0.2, 0) is 9.59 Å². The fraction of sp³-hybridized carbons (Fsp3) is 0.778. The lowest BCUT2D eigenvalue weighted by Gasteiger charge is -2.24. The third-order valence-electron chi connectivity index (χ3n) is 2.32. The van der Waals surface area contributed by atoms with Crippen molar-refractivity contribution < 1.29 is 9.59 Å². The van der Waals surface area contributed by atoms with E-state index in [2.05, 4.69) is 6.92 Å². The Balaban J connectivity index is 4.28. The molecule has 0 aliphatic heterocycles. The number of carbonyl (C=O) groups is 2. The van der Waals surface area contributed by atoms with Crippen molar-refractivity contribution in [2.75, 3.05) is 0 Å². The Kier molecular flexibility index (Phi) is 5.32. The highest BCUT2D eigenvalue weighted by Crippen LogP contribution is 2.34. The molecule has 0 heterocycles. The molecule has 0 bridgehead atoms. The van der Waals surface area contributed by atoms with Crippen molar-refractivity contribution in [3.05, 3.63) is 0 Å². The minimum atomic E-state index is -0.256. The van der Waals surface area contributed by atoms with E-state index in [-0.39, 0.29) is 19.5 Å². The Morgan fingerprint density at radius 1 is 1.50 bits per heavy atom. The van der Waals surface area contributed by atoms with Gasteiger partial charge in [0, 0.05) is 14.0 Å². The lowest BCUT2D eigenvalue weighted by Crippen LogP contribution is -2.23. The zero-order valence-electron chi connectivity index (χ0n) is 8.02. The monoisotopic (exact) mass is 188 g/mol. The molecular formula is C9H17O2P. The number of hydrogen-bond acceptors (Lipinski definition) is 2. The van der Waals surface area contributed by atoms with E-state index in [1.165, 1.54) is 0 Å². The topological polar surface area (TPSA) is 34.1 Å². The molecule has 0 N–H and O–H groups in total. The molecule has 0 amide bonds. The molecule has 0 aromatic heterocycles. The van der Waals surface area contributed by atoms with Gasteiger partial charge in [-0.15, -0.1) is 0 Å². The van der Waals surface area contributed by atoms with Crippen LogP contribution in [0.1, 0.15) is 40.0 Å². The van der Waals surface area contributed by atoms with Gasteiger partial charge in [0.15, 0.2) is 5.52 Å². The summed E-state index contributed by atoms with van der Waals surface area (Å²) in [5.74, 6) is 0. The van der Waals surface area contributed by atoms with Crippen molar-refractivity contribution in [2.24, 2.45) is 5.41 Å². The average molecular weight is 188 g/mol. The third kappa shape index (κ3) is 3.02. The van der Waals surface area contributed by atoms with Crippen LogP contribution >= 0.6 is 8.58 Å². The highest BCUT2D eigenvalue weighted by atomic mass is 31.1. The van der Waals surface area contributed by atoms with Crippen molar-refractivity contribution in [3.8, 4) is 0 Å². The van der Waals surface area contributed by atoms with Crippen LogP contribution in [0.25, 0.3) is 0 Å². The summed E-state index contributed by atoms with van der Waals surface area (Å²) in [5.41, 5.74) is -0.143. The fourth-order valence-electron chi connectivity index (χ4n) is 1.23. The van der Waals surface area contributed by atoms with Gasteiger partial charge in [-0.1, -0.05) is 27.2 Å². The zero-order chi connectivity index (χ0) is 9.61. The first-order chi connectivity index (χ1) is 5.60. The van der Waals surface area contributed by atoms with Crippen LogP contribution in [0.5, 0.6) is 0 Å². The maximum atomic E-state index is 11.5. The minimum Gasteiger partial charge on any atom is -0.298 e. The lowest BCUT2D eigenvalue weighted by atomic mass is 9.84. The molecule has 0 aromatic rings. The summed E-state index contributed by atoms with van der Waals surface area (Å²) in [5, 5.41) is 0. The first kappa shape index (κ1) is 11.8. The molecule has 0 aromatic carbocycles. The summed E-state index contributed by atoms with van der Waals surface area (Å²) in [6.07, 6.45) is 2.73. The molecule has 0 saturated carbocycles. The predicted molar refractivity (Wildman–Crippen MR) is 53.4 cm³/mol. The second kappa shape index (κ2) is 5.42. The van der Waals surface area contributed by atoms with E-state index in [0.717, 1.165) is 25.3 Å². The van der Waals surface area contributed by atoms with Crippen molar-refractivity contribution in [1.29, 1.82) is 0 Å². The van der Waals surface area contributed by atoms with E-state index >= 15 is 0 Å². The van der Waals surface area contributed by atoms with Crippen molar-refractivity contribution in [1.82, 2.24) is 0 Å². The molecule has 0 saturated heterocycles. The lowest BCUT2D eigenvalue weighted by molar-refractivity contribution is -0.119. The van der Waals surface area contributed by atoms with Gasteiger partial charge in [0.2, 0.25) is 0 Å². The van der Waals surface area contributed by atoms with Gasteiger partial charge in [0.1, 0.15) is 6.03 Å². The second-order valence-corrected chi connectivity index (χ2v) is 4.23. The molecule has 2 nitrogen and oxygen atoms in total. The molecule has 12 heavy (non-hydrogen) atoms. The average Bonchev–Trinajstić information content (AvgIpc) is 2.05. The second-order valence-electron chi connectivity index (χ2n) is 3.26. The molecule has 0 fully saturated rings. The quantitative estimate of drug-likeness (QED) is 0.474. The number of hydrogen-bond donors (Lipinski definition) is 0. The van der Waals surface area contributed by atoms with Crippen LogP contribution in [0, 0.1) is 5.41 Å². The molecule has 3 heteroatoms. The summed E-state index contributed by atoms with van der Waals surface area (Å²) >= 11 is 0. The summed E-state index contributed by atoms with van der Waals surface area (Å²) in [7, 11) is -0.163. The normalized spacial score (nSPS) is 16.2. The van der Waals surface area contributed by atoms with E-state index in [1.54, 1.807) is 0 Å². The van der Waals surface area contributed by atoms with Crippen LogP contribution in [0.3, 0.4) is 0 Å². The van der Waals surface area contributed by atoms with Crippen molar-refractivity contribution in [3.63, 3.8) is 0 Å². The first-order valence-corrected chi connectivity index (χ1v) is 5.43. The maximum Gasteiger partial charge on any atom is 0.164 e. The standard InChI is InChI=1S/C9H17O2P/c1-4-6-9(3,5-2)8(11)12-7-10/h7,12H,4-6H2,1-3H3. The smallest absolute Gasteiger partial charge is 0.164 e. The van der Waals surface area contributed by atoms with Gasteiger partial charge in [-0.2, -0.15) is 0 Å². The summed E-state index contributed by atoms with van der Waals surface area (Å²) in [6, 6.07) is 0.728. The van der Waals surface area contributed by atoms with Crippen molar-refractivity contribution in [2.45, 2.75) is 40.0 Å². The minimum absolute atomic E-state index is 0.113. The maximum absolute atomic E-state index is 11.5. The van der Waals surface area contributed by atoms with Gasteiger partial charge < -0.3 is 0 Å². The molecule has 0 aliphatic rings. The first-order valence-electron chi connectivity index (χ1n) is 4.35. The molecule has 70 valence electrons. The molecule has 2 atom stereocenters.